The second-order valence-corrected chi connectivity index (χ2v) is 5.36. The van der Waals surface area contributed by atoms with Crippen LogP contribution in [0.4, 0.5) is 4.39 Å². The average Bonchev–Trinajstić information content (AvgIpc) is 3.07. The number of hydrogen-bond acceptors (Lipinski definition) is 1. The first-order valence-corrected chi connectivity index (χ1v) is 6.38. The minimum absolute atomic E-state index is 0.185. The van der Waals surface area contributed by atoms with E-state index in [0.29, 0.717) is 5.56 Å². The summed E-state index contributed by atoms with van der Waals surface area (Å²) in [6.45, 7) is 4.07. The van der Waals surface area contributed by atoms with Crippen LogP contribution in [0.15, 0.2) is 6.07 Å². The monoisotopic (exact) mass is 254 g/mol. The fourth-order valence-electron chi connectivity index (χ4n) is 2.33. The Bertz CT molecular complexity index is 450. The van der Waals surface area contributed by atoms with E-state index in [2.05, 4.69) is 0 Å². The van der Waals surface area contributed by atoms with Gasteiger partial charge >= 0.3 is 0 Å². The lowest BCUT2D eigenvalue weighted by atomic mass is 9.89. The Kier molecular flexibility index (Phi) is 3.53. The van der Waals surface area contributed by atoms with E-state index in [1.807, 2.05) is 13.8 Å². The van der Waals surface area contributed by atoms with Gasteiger partial charge in [-0.05, 0) is 47.4 Å². The second-order valence-electron chi connectivity index (χ2n) is 4.95. The van der Waals surface area contributed by atoms with Crippen LogP contribution in [-0.2, 0) is 11.2 Å². The van der Waals surface area contributed by atoms with Crippen LogP contribution in [0.3, 0.4) is 0 Å². The molecule has 1 nitrogen and oxygen atoms in total. The molecule has 0 radical (unpaired) electrons. The molecule has 0 unspecified atom stereocenters. The van der Waals surface area contributed by atoms with Crippen LogP contribution in [0, 0.1) is 5.82 Å². The molecule has 92 valence electrons. The fourth-order valence-corrected chi connectivity index (χ4v) is 2.55. The van der Waals surface area contributed by atoms with Crippen molar-refractivity contribution < 1.29 is 9.18 Å². The van der Waals surface area contributed by atoms with E-state index in [9.17, 15) is 9.18 Å². The summed E-state index contributed by atoms with van der Waals surface area (Å²) in [6.07, 6.45) is 3.13. The summed E-state index contributed by atoms with van der Waals surface area (Å²) in [7, 11) is 0. The molecule has 3 heteroatoms. The zero-order valence-electron chi connectivity index (χ0n) is 10.1. The second kappa shape index (κ2) is 4.77. The topological polar surface area (TPSA) is 17.1 Å². The van der Waals surface area contributed by atoms with Crippen LogP contribution >= 0.6 is 11.6 Å². The van der Waals surface area contributed by atoms with Gasteiger partial charge in [-0.1, -0.05) is 25.4 Å². The van der Waals surface area contributed by atoms with Crippen LogP contribution in [0.2, 0.25) is 5.02 Å². The molecule has 0 spiro atoms. The van der Waals surface area contributed by atoms with Crippen LogP contribution in [0.5, 0.6) is 0 Å². The molecule has 0 atom stereocenters. The van der Waals surface area contributed by atoms with Gasteiger partial charge in [-0.2, -0.15) is 0 Å². The molecule has 0 aliphatic heterocycles. The van der Waals surface area contributed by atoms with Gasteiger partial charge < -0.3 is 4.79 Å². The van der Waals surface area contributed by atoms with E-state index in [1.54, 1.807) is 6.07 Å². The average molecular weight is 255 g/mol. The zero-order valence-corrected chi connectivity index (χ0v) is 10.9. The van der Waals surface area contributed by atoms with Crippen molar-refractivity contribution >= 4 is 17.9 Å². The molecular weight excluding hydrogens is 239 g/mol. The first-order chi connectivity index (χ1) is 8.06. The van der Waals surface area contributed by atoms with Crippen molar-refractivity contribution in [3.05, 3.63) is 33.6 Å². The van der Waals surface area contributed by atoms with Crippen LogP contribution in [0.25, 0.3) is 0 Å². The maximum Gasteiger partial charge on any atom is 0.145 e. The van der Waals surface area contributed by atoms with Gasteiger partial charge in [0.1, 0.15) is 12.1 Å². The minimum atomic E-state index is -0.324. The van der Waals surface area contributed by atoms with E-state index >= 15 is 0 Å². The van der Waals surface area contributed by atoms with Crippen molar-refractivity contribution in [2.45, 2.75) is 44.9 Å². The lowest BCUT2D eigenvalue weighted by molar-refractivity contribution is -0.107. The summed E-state index contributed by atoms with van der Waals surface area (Å²) < 4.78 is 14.1. The number of hydrogen-bond donors (Lipinski definition) is 0. The lowest BCUT2D eigenvalue weighted by Gasteiger charge is -2.17. The molecule has 17 heavy (non-hydrogen) atoms. The van der Waals surface area contributed by atoms with Crippen LogP contribution < -0.4 is 0 Å². The summed E-state index contributed by atoms with van der Waals surface area (Å²) in [5, 5.41) is 0.185. The Morgan fingerprint density at radius 2 is 2.18 bits per heavy atom. The summed E-state index contributed by atoms with van der Waals surface area (Å²) in [5.74, 6) is 0.192. The molecule has 1 aliphatic rings. The van der Waals surface area contributed by atoms with Gasteiger partial charge in [-0.15, -0.1) is 0 Å². The number of carbonyl (C=O) groups is 1. The van der Waals surface area contributed by atoms with E-state index in [0.717, 1.165) is 30.3 Å². The molecule has 1 aromatic carbocycles. The third-order valence-corrected chi connectivity index (χ3v) is 3.57. The van der Waals surface area contributed by atoms with Crippen molar-refractivity contribution in [3.63, 3.8) is 0 Å². The molecule has 1 saturated carbocycles. The molecule has 0 amide bonds. The van der Waals surface area contributed by atoms with Gasteiger partial charge in [0.15, 0.2) is 0 Å². The first-order valence-electron chi connectivity index (χ1n) is 6.00. The summed E-state index contributed by atoms with van der Waals surface area (Å²) in [5.41, 5.74) is 2.55. The fraction of sp³-hybridized carbons (Fsp3) is 0.500. The number of carbonyl (C=O) groups excluding carboxylic acids is 1. The van der Waals surface area contributed by atoms with E-state index in [4.69, 9.17) is 11.6 Å². The van der Waals surface area contributed by atoms with E-state index in [1.165, 1.54) is 0 Å². The summed E-state index contributed by atoms with van der Waals surface area (Å²) in [6, 6.07) is 1.67. The van der Waals surface area contributed by atoms with Gasteiger partial charge in [0.25, 0.3) is 0 Å². The minimum Gasteiger partial charge on any atom is -0.303 e. The third kappa shape index (κ3) is 2.37. The van der Waals surface area contributed by atoms with Gasteiger partial charge in [0.05, 0.1) is 5.02 Å². The maximum absolute atomic E-state index is 14.1. The highest BCUT2D eigenvalue weighted by Gasteiger charge is 2.31. The Balaban J connectivity index is 2.63. The van der Waals surface area contributed by atoms with E-state index in [-0.39, 0.29) is 29.1 Å². The highest BCUT2D eigenvalue weighted by molar-refractivity contribution is 6.31. The molecule has 2 rings (SSSR count). The Morgan fingerprint density at radius 3 is 2.65 bits per heavy atom. The number of rotatable bonds is 4. The van der Waals surface area contributed by atoms with Gasteiger partial charge in [-0.25, -0.2) is 4.39 Å². The van der Waals surface area contributed by atoms with Gasteiger partial charge in [0.2, 0.25) is 0 Å². The molecule has 0 N–H and O–H groups in total. The molecular formula is C14H16ClFO. The van der Waals surface area contributed by atoms with Crippen molar-refractivity contribution in [2.24, 2.45) is 0 Å². The summed E-state index contributed by atoms with van der Waals surface area (Å²) in [4.78, 5) is 10.8. The quantitative estimate of drug-likeness (QED) is 0.735. The number of aldehydes is 1. The van der Waals surface area contributed by atoms with Crippen molar-refractivity contribution in [1.29, 1.82) is 0 Å². The lowest BCUT2D eigenvalue weighted by Crippen LogP contribution is -2.05. The van der Waals surface area contributed by atoms with Crippen molar-refractivity contribution in [1.82, 2.24) is 0 Å². The molecule has 0 saturated heterocycles. The third-order valence-electron chi connectivity index (χ3n) is 3.30. The Morgan fingerprint density at radius 1 is 1.53 bits per heavy atom. The zero-order chi connectivity index (χ0) is 12.6. The van der Waals surface area contributed by atoms with Crippen LogP contribution in [-0.4, -0.2) is 6.29 Å². The number of halogens is 2. The van der Waals surface area contributed by atoms with Crippen molar-refractivity contribution in [3.8, 4) is 0 Å². The van der Waals surface area contributed by atoms with Crippen molar-refractivity contribution in [2.75, 3.05) is 0 Å². The molecule has 1 aliphatic carbocycles. The molecule has 0 aromatic heterocycles. The Labute approximate surface area is 106 Å². The molecule has 0 heterocycles. The predicted molar refractivity (Wildman–Crippen MR) is 67.2 cm³/mol. The molecule has 0 bridgehead atoms. The maximum atomic E-state index is 14.1. The highest BCUT2D eigenvalue weighted by atomic mass is 35.5. The summed E-state index contributed by atoms with van der Waals surface area (Å²) >= 11 is 5.94. The standard InChI is InChI=1S/C14H16ClFO/c1-8(2)11-7-12(15)14(16)13(9-3-4-9)10(11)5-6-17/h6-9H,3-5H2,1-2H3. The highest BCUT2D eigenvalue weighted by Crippen LogP contribution is 2.46. The van der Waals surface area contributed by atoms with Gasteiger partial charge in [0, 0.05) is 6.42 Å². The molecule has 1 aromatic rings. The smallest absolute Gasteiger partial charge is 0.145 e. The van der Waals surface area contributed by atoms with E-state index < -0.39 is 0 Å². The predicted octanol–water partition coefficient (Wildman–Crippen LogP) is 4.22. The van der Waals surface area contributed by atoms with Crippen LogP contribution in [0.1, 0.15) is 55.2 Å². The molecule has 1 fully saturated rings. The van der Waals surface area contributed by atoms with Gasteiger partial charge in [-0.3, -0.25) is 0 Å². The Hall–Kier alpha value is -0.890. The first kappa shape index (κ1) is 12.6. The SMILES string of the molecule is CC(C)c1cc(Cl)c(F)c(C2CC2)c1CC=O. The normalized spacial score (nSPS) is 15.4. The largest absolute Gasteiger partial charge is 0.303 e. The number of benzene rings is 1.